The minimum atomic E-state index is -0.120. The fourth-order valence-corrected chi connectivity index (χ4v) is 21.2. The Bertz CT molecular complexity index is 7100. The average molecular weight is 2090 g/mol. The fourth-order valence-electron chi connectivity index (χ4n) is 19.3. The number of halogens is 8. The summed E-state index contributed by atoms with van der Waals surface area (Å²) in [4.78, 5) is 41.2. The Hall–Kier alpha value is -10.5. The summed E-state index contributed by atoms with van der Waals surface area (Å²) in [5.74, 6) is 1.08. The summed E-state index contributed by atoms with van der Waals surface area (Å²) < 4.78 is 38.3. The molecule has 0 atom stereocenters. The Morgan fingerprint density at radius 1 is 0.396 bits per heavy atom. The maximum absolute atomic E-state index is 12.8. The summed E-state index contributed by atoms with van der Waals surface area (Å²) in [5, 5.41) is 16.9. The number of ketones is 1. The van der Waals surface area contributed by atoms with Gasteiger partial charge in [-0.15, -0.1) is 0 Å². The van der Waals surface area contributed by atoms with Gasteiger partial charge in [-0.3, -0.25) is 14.4 Å². The molecule has 0 unspecified atom stereocenters. The molecular weight excluding hydrogens is 1940 g/mol. The van der Waals surface area contributed by atoms with E-state index in [2.05, 4.69) is 197 Å². The molecule has 7 aromatic heterocycles. The second-order valence-corrected chi connectivity index (χ2v) is 42.7. The van der Waals surface area contributed by atoms with Gasteiger partial charge in [0.1, 0.15) is 18.1 Å². The molecule has 2 saturated heterocycles. The van der Waals surface area contributed by atoms with Crippen molar-refractivity contribution in [3.8, 4) is 5.75 Å². The number of likely N-dealkylation sites (N-methyl/N-ethyl adjacent to an activating group) is 1. The lowest BCUT2D eigenvalue weighted by Gasteiger charge is -2.26. The molecular formula is C120H143Cl7FN11O5. The zero-order valence-electron chi connectivity index (χ0n) is 87.2. The number of aromatic nitrogens is 7. The Balaban J connectivity index is 0.000000145. The number of Topliss-reactive ketones (excluding diaryl/α,β-unsaturated/α-hetero) is 1. The first-order valence-corrected chi connectivity index (χ1v) is 52.9. The maximum atomic E-state index is 12.8. The molecule has 4 aliphatic rings. The first kappa shape index (κ1) is 112. The van der Waals surface area contributed by atoms with Gasteiger partial charge in [0.05, 0.1) is 24.7 Å². The van der Waals surface area contributed by atoms with E-state index in [1.807, 2.05) is 147 Å². The lowest BCUT2D eigenvalue weighted by molar-refractivity contribution is -0.129. The second kappa shape index (κ2) is 53.2. The van der Waals surface area contributed by atoms with Crippen LogP contribution in [-0.2, 0) is 77.8 Å². The number of amides is 2. The highest BCUT2D eigenvalue weighted by Crippen LogP contribution is 2.35. The van der Waals surface area contributed by atoms with Crippen LogP contribution in [0.4, 0.5) is 4.39 Å². The number of fused-ring (bicyclic) bond motifs is 9. The number of nitrogens with zero attached hydrogens (tertiary/aromatic N) is 10. The number of aryl methyl sites for hydroxylation is 12. The molecule has 24 heteroatoms. The highest BCUT2D eigenvalue weighted by molar-refractivity contribution is 6.33. The van der Waals surface area contributed by atoms with Gasteiger partial charge in [-0.05, 0) is 370 Å². The molecule has 2 fully saturated rings. The van der Waals surface area contributed by atoms with E-state index in [0.717, 1.165) is 150 Å². The number of likely N-dealkylation sites (tertiary alicyclic amines) is 2. The molecule has 1 N–H and O–H groups in total. The number of hydrogen-bond donors (Lipinski definition) is 1. The lowest BCUT2D eigenvalue weighted by Crippen LogP contribution is -2.32. The maximum Gasteiger partial charge on any atom is 0.241 e. The van der Waals surface area contributed by atoms with Crippen LogP contribution >= 0.6 is 81.2 Å². The molecule has 0 saturated carbocycles. The number of rotatable bonds is 21. The molecule has 9 heterocycles. The highest BCUT2D eigenvalue weighted by atomic mass is 35.5. The van der Waals surface area contributed by atoms with E-state index in [4.69, 9.17) is 90.7 Å². The summed E-state index contributed by atoms with van der Waals surface area (Å²) in [6.45, 7) is 41.0. The van der Waals surface area contributed by atoms with Gasteiger partial charge in [0.15, 0.2) is 5.78 Å². The zero-order valence-corrected chi connectivity index (χ0v) is 92.5. The quantitative estimate of drug-likeness (QED) is 0.0710. The molecule has 0 spiro atoms. The monoisotopic (exact) mass is 2080 g/mol. The van der Waals surface area contributed by atoms with E-state index in [-0.39, 0.29) is 28.8 Å². The number of ether oxygens (including phenoxy) is 2. The van der Waals surface area contributed by atoms with Crippen molar-refractivity contribution in [2.45, 2.75) is 213 Å². The predicted molar refractivity (Wildman–Crippen MR) is 610 cm³/mol. The Labute approximate surface area is 886 Å². The van der Waals surface area contributed by atoms with Crippen LogP contribution in [0, 0.1) is 73.5 Å². The van der Waals surface area contributed by atoms with Gasteiger partial charge in [-0.1, -0.05) is 146 Å². The summed E-state index contributed by atoms with van der Waals surface area (Å²) in [5.41, 5.74) is 24.1. The van der Waals surface area contributed by atoms with Crippen LogP contribution in [0.2, 0.25) is 35.2 Å². The molecule has 2 aliphatic heterocycles. The molecule has 16 aromatic rings. The van der Waals surface area contributed by atoms with Crippen LogP contribution in [0.3, 0.4) is 0 Å². The smallest absolute Gasteiger partial charge is 0.241 e. The van der Waals surface area contributed by atoms with Crippen LogP contribution in [0.15, 0.2) is 207 Å². The predicted octanol–water partition coefficient (Wildman–Crippen LogP) is 31.1. The van der Waals surface area contributed by atoms with Crippen LogP contribution in [0.1, 0.15) is 164 Å². The Kier molecular flexibility index (Phi) is 41.5. The van der Waals surface area contributed by atoms with Crippen LogP contribution in [0.25, 0.3) is 88.5 Å². The van der Waals surface area contributed by atoms with Crippen molar-refractivity contribution >= 4 is 187 Å². The van der Waals surface area contributed by atoms with Crippen molar-refractivity contribution in [1.29, 1.82) is 0 Å². The Morgan fingerprint density at radius 3 is 1.19 bits per heavy atom. The van der Waals surface area contributed by atoms with Crippen molar-refractivity contribution in [3.63, 3.8) is 0 Å². The first-order chi connectivity index (χ1) is 68.9. The molecule has 0 radical (unpaired) electrons. The fraction of sp³-hybridized carbons (Fsp3) is 0.375. The lowest BCUT2D eigenvalue weighted by atomic mass is 9.97. The van der Waals surface area contributed by atoms with E-state index >= 15 is 0 Å². The van der Waals surface area contributed by atoms with Gasteiger partial charge in [0, 0.05) is 237 Å². The third-order valence-electron chi connectivity index (χ3n) is 27.0. The van der Waals surface area contributed by atoms with Gasteiger partial charge in [-0.2, -0.15) is 0 Å². The number of piperidine rings is 2. The molecule has 2 amide bonds. The van der Waals surface area contributed by atoms with Gasteiger partial charge in [0.25, 0.3) is 0 Å². The number of nitrogens with one attached hydrogen (secondary N) is 1. The Morgan fingerprint density at radius 2 is 0.764 bits per heavy atom. The van der Waals surface area contributed by atoms with Crippen molar-refractivity contribution in [2.24, 2.45) is 5.41 Å². The van der Waals surface area contributed by atoms with Crippen molar-refractivity contribution in [3.05, 3.63) is 320 Å². The number of hydrogen-bond acceptors (Lipinski definition) is 7. The third-order valence-corrected chi connectivity index (χ3v) is 28.5. The minimum absolute atomic E-state index is 0.0469. The largest absolute Gasteiger partial charge is 0.496 e. The van der Waals surface area contributed by atoms with Crippen molar-refractivity contribution in [1.82, 2.24) is 52.0 Å². The van der Waals surface area contributed by atoms with Gasteiger partial charge in [0.2, 0.25) is 11.8 Å². The standard InChI is InChI=1S/C17H23ClN2.C16H21ClN2.C14H18ClN.C14H18N2O2.C13H15ClN2O.C13H16ClNO.C13H14ClNO.C10H9Cl.C10H9F/c1-14-12-15(18)13-17-16(14)6-11-20(17)10-5-9-19-7-3-2-4-8-19;1-13-11-14(17)12-16-15(13)5-8-19(16)10-9-18-6-3-2-4-7-18;1-10-7-11(15)8-13-12(10)5-6-16(13)9-14(2,3)4;1-10-7-11-5-6-16(9-14(17)15(2)3)12(11)8-13(10)18-4;1-9-7-10(14)8-12-11(9)3-5-16(12)6-4-13(17)15-2;1-10-8-11(14)9-13-12(10)4-6-15(13)5-3-7-16-2;1-3-11(16)8-15-5-4-12-9(2)6-10(14)7-13(12)15;2*1-7-5-9(11)6-8-3-2-4-10(7)8/h6,11-13H,2-5,7-10H2,1H3;5,8,11-12H,2-4,6-7,9-10H2,1H3;5-8H,9H2,1-4H3;5-8H,9H2,1-4H3;3,5,7-8H,4,6H2,1-2H3,(H,15,17);4,6,8-9H,3,5,7H2,1-2H3;4-7H,3,8H2,1-2H3;2*2,4-6H,3H2,1H3. The molecule has 144 heavy (non-hydrogen) atoms. The van der Waals surface area contributed by atoms with Gasteiger partial charge < -0.3 is 61.5 Å². The van der Waals surface area contributed by atoms with Crippen LogP contribution in [-0.4, -0.2) is 146 Å². The number of methoxy groups -OCH3 is 2. The van der Waals surface area contributed by atoms with E-state index < -0.39 is 0 Å². The SMILES string of the molecule is CCC(=O)Cn1ccc2c(C)cc(Cl)cc21.CNC(=O)CCn1ccc2c(C)cc(Cl)cc21.COCCCn1ccc2c(C)cc(Cl)cc21.COc1cc2c(ccn2CC(=O)N(C)C)cc1C.Cc1cc(Cl)cc2c1C=CC2.Cc1cc(Cl)cc2c1ccn2CC(C)(C)C.Cc1cc(Cl)cc2c1ccn2CCCN1CCCCC1.Cc1cc(Cl)cc2c1ccn2CCN1CCCCC1.Cc1cc(F)cc2c1C=CC2. The molecule has 0 bridgehead atoms. The number of carbonyl (C=O) groups is 3. The van der Waals surface area contributed by atoms with Crippen LogP contribution < -0.4 is 10.1 Å². The van der Waals surface area contributed by atoms with Gasteiger partial charge >= 0.3 is 0 Å². The van der Waals surface area contributed by atoms with E-state index in [9.17, 15) is 18.8 Å². The number of allylic oxidation sites excluding steroid dienone is 2. The third kappa shape index (κ3) is 31.1. The topological polar surface area (TPSA) is 126 Å². The van der Waals surface area contributed by atoms with E-state index in [0.29, 0.717) is 37.5 Å². The molecule has 9 aromatic carbocycles. The molecule has 16 nitrogen and oxygen atoms in total. The number of benzene rings is 9. The molecule has 20 rings (SSSR count). The summed E-state index contributed by atoms with van der Waals surface area (Å²) in [7, 11) is 8.57. The highest BCUT2D eigenvalue weighted by Gasteiger charge is 2.20. The summed E-state index contributed by atoms with van der Waals surface area (Å²) >= 11 is 42.5. The summed E-state index contributed by atoms with van der Waals surface area (Å²) in [6.07, 6.45) is 36.5. The number of carbonyl (C=O) groups excluding carboxylic acids is 3. The normalized spacial score (nSPS) is 13.1. The zero-order chi connectivity index (χ0) is 104. The average Bonchev–Trinajstić information content (AvgIpc) is 1.67. The van der Waals surface area contributed by atoms with Crippen molar-refractivity contribution < 1.29 is 28.2 Å². The molecule has 2 aliphatic carbocycles. The first-order valence-electron chi connectivity index (χ1n) is 50.3. The van der Waals surface area contributed by atoms with Crippen molar-refractivity contribution in [2.75, 3.05) is 81.2 Å². The minimum Gasteiger partial charge on any atom is -0.496 e. The summed E-state index contributed by atoms with van der Waals surface area (Å²) in [6, 6.07) is 50.2. The second-order valence-electron chi connectivity index (χ2n) is 39.7. The van der Waals surface area contributed by atoms with E-state index in [1.54, 1.807) is 52.4 Å². The molecule has 764 valence electrons. The van der Waals surface area contributed by atoms with E-state index in [1.165, 1.54) is 171 Å². The van der Waals surface area contributed by atoms with Crippen LogP contribution in [0.5, 0.6) is 5.75 Å². The van der Waals surface area contributed by atoms with Gasteiger partial charge in [-0.25, -0.2) is 4.39 Å².